The summed E-state index contributed by atoms with van der Waals surface area (Å²) in [5.41, 5.74) is 5.59. The van der Waals surface area contributed by atoms with Crippen LogP contribution in [0.2, 0.25) is 0 Å². The van der Waals surface area contributed by atoms with Crippen molar-refractivity contribution in [2.24, 2.45) is 0 Å². The van der Waals surface area contributed by atoms with Gasteiger partial charge in [-0.05, 0) is 36.1 Å². The number of carbonyl (C=O) groups is 2. The summed E-state index contributed by atoms with van der Waals surface area (Å²) in [6.45, 7) is 1.20. The fourth-order valence-corrected chi connectivity index (χ4v) is 5.37. The molecule has 6 heteroatoms. The van der Waals surface area contributed by atoms with Crippen LogP contribution >= 0.6 is 0 Å². The Kier molecular flexibility index (Phi) is 5.58. The van der Waals surface area contributed by atoms with Crippen molar-refractivity contribution >= 4 is 22.7 Å². The number of aromatic amines is 1. The number of nitrogens with zero attached hydrogens (tertiary/aromatic N) is 1. The smallest absolute Gasteiger partial charge is 0.255 e. The zero-order valence-corrected chi connectivity index (χ0v) is 19.4. The lowest BCUT2D eigenvalue weighted by atomic mass is 9.93. The molecule has 6 nitrogen and oxygen atoms in total. The quantitative estimate of drug-likeness (QED) is 0.434. The highest BCUT2D eigenvalue weighted by Gasteiger charge is 2.41. The molecule has 2 N–H and O–H groups in total. The van der Waals surface area contributed by atoms with E-state index in [1.807, 2.05) is 60.7 Å². The van der Waals surface area contributed by atoms with Crippen molar-refractivity contribution in [2.45, 2.75) is 25.0 Å². The summed E-state index contributed by atoms with van der Waals surface area (Å²) in [7, 11) is 0. The van der Waals surface area contributed by atoms with Gasteiger partial charge in [-0.1, -0.05) is 66.7 Å². The molecular weight excluding hydrogens is 438 g/mol. The highest BCUT2D eigenvalue weighted by atomic mass is 16.5. The highest BCUT2D eigenvalue weighted by Crippen LogP contribution is 2.45. The first-order chi connectivity index (χ1) is 17.2. The molecule has 0 bridgehead atoms. The molecule has 3 aromatic carbocycles. The van der Waals surface area contributed by atoms with Crippen LogP contribution in [-0.2, 0) is 9.53 Å². The summed E-state index contributed by atoms with van der Waals surface area (Å²) in [5, 5.41) is 4.03. The van der Waals surface area contributed by atoms with Gasteiger partial charge in [-0.15, -0.1) is 0 Å². The standard InChI is InChI=1S/C29H27N3O3/c33-25(30-17-20-11-8-16-35-20)18-32-28(21-12-4-5-13-22(21)29(32)34)26-23-14-6-7-15-24(23)31-27(26)19-9-2-1-3-10-19/h1-7,9-10,12-15,20,28,31H,8,11,16-18H2,(H,30,33)/t20-,28-/m1/s1. The molecule has 3 heterocycles. The third-order valence-electron chi connectivity index (χ3n) is 7.01. The lowest BCUT2D eigenvalue weighted by Gasteiger charge is -2.26. The number of fused-ring (bicyclic) bond motifs is 2. The second kappa shape index (κ2) is 9.04. The molecule has 0 aliphatic carbocycles. The van der Waals surface area contributed by atoms with Crippen molar-refractivity contribution in [1.82, 2.24) is 15.2 Å². The number of hydrogen-bond donors (Lipinski definition) is 2. The summed E-state index contributed by atoms with van der Waals surface area (Å²) >= 11 is 0. The summed E-state index contributed by atoms with van der Waals surface area (Å²) in [4.78, 5) is 31.9. The maximum Gasteiger partial charge on any atom is 0.255 e. The molecule has 4 aromatic rings. The molecule has 176 valence electrons. The second-order valence-electron chi connectivity index (χ2n) is 9.19. The largest absolute Gasteiger partial charge is 0.376 e. The van der Waals surface area contributed by atoms with Gasteiger partial charge in [-0.3, -0.25) is 9.59 Å². The zero-order valence-electron chi connectivity index (χ0n) is 19.4. The molecule has 0 unspecified atom stereocenters. The molecule has 6 rings (SSSR count). The Morgan fingerprint density at radius 2 is 1.77 bits per heavy atom. The van der Waals surface area contributed by atoms with Gasteiger partial charge in [0.2, 0.25) is 5.91 Å². The Balaban J connectivity index is 1.43. The zero-order chi connectivity index (χ0) is 23.8. The van der Waals surface area contributed by atoms with E-state index in [2.05, 4.69) is 28.5 Å². The van der Waals surface area contributed by atoms with Crippen molar-refractivity contribution in [3.05, 3.63) is 95.6 Å². The molecule has 1 saturated heterocycles. The lowest BCUT2D eigenvalue weighted by molar-refractivity contribution is -0.122. The Hall–Kier alpha value is -3.90. The molecule has 2 atom stereocenters. The van der Waals surface area contributed by atoms with Gasteiger partial charge in [-0.2, -0.15) is 0 Å². The molecule has 2 amide bonds. The second-order valence-corrected chi connectivity index (χ2v) is 9.19. The number of amides is 2. The molecular formula is C29H27N3O3. The summed E-state index contributed by atoms with van der Waals surface area (Å²) in [6, 6.07) is 25.6. The monoisotopic (exact) mass is 465 g/mol. The van der Waals surface area contributed by atoms with Crippen molar-refractivity contribution in [3.8, 4) is 11.3 Å². The van der Waals surface area contributed by atoms with Crippen LogP contribution in [0.4, 0.5) is 0 Å². The first-order valence-corrected chi connectivity index (χ1v) is 12.1. The van der Waals surface area contributed by atoms with Crippen LogP contribution in [0, 0.1) is 0 Å². The van der Waals surface area contributed by atoms with E-state index in [9.17, 15) is 9.59 Å². The van der Waals surface area contributed by atoms with E-state index < -0.39 is 0 Å². The Labute approximate surface area is 203 Å². The predicted octanol–water partition coefficient (Wildman–Crippen LogP) is 4.68. The van der Waals surface area contributed by atoms with Gasteiger partial charge in [0.05, 0.1) is 17.8 Å². The molecule has 35 heavy (non-hydrogen) atoms. The number of benzene rings is 3. The van der Waals surface area contributed by atoms with Crippen LogP contribution in [-0.4, -0.2) is 47.5 Å². The number of H-pyrrole nitrogens is 1. The van der Waals surface area contributed by atoms with Gasteiger partial charge in [0.1, 0.15) is 6.54 Å². The molecule has 2 aliphatic rings. The van der Waals surface area contributed by atoms with E-state index in [4.69, 9.17) is 4.74 Å². The third kappa shape index (κ3) is 3.90. The number of carbonyl (C=O) groups excluding carboxylic acids is 2. The van der Waals surface area contributed by atoms with Crippen LogP contribution in [0.15, 0.2) is 78.9 Å². The third-order valence-corrected chi connectivity index (χ3v) is 7.01. The molecule has 0 spiro atoms. The number of para-hydroxylation sites is 1. The van der Waals surface area contributed by atoms with E-state index in [1.165, 1.54) is 0 Å². The fourth-order valence-electron chi connectivity index (χ4n) is 5.37. The topological polar surface area (TPSA) is 74.4 Å². The minimum Gasteiger partial charge on any atom is -0.376 e. The minimum atomic E-state index is -0.376. The number of hydrogen-bond acceptors (Lipinski definition) is 3. The molecule has 1 aromatic heterocycles. The Morgan fingerprint density at radius 1 is 1.00 bits per heavy atom. The fraction of sp³-hybridized carbons (Fsp3) is 0.241. The molecule has 2 aliphatic heterocycles. The van der Waals surface area contributed by atoms with E-state index in [-0.39, 0.29) is 30.5 Å². The Morgan fingerprint density at radius 3 is 2.60 bits per heavy atom. The van der Waals surface area contributed by atoms with Gasteiger partial charge < -0.3 is 19.9 Å². The minimum absolute atomic E-state index is 0.0152. The van der Waals surface area contributed by atoms with E-state index in [0.29, 0.717) is 12.1 Å². The van der Waals surface area contributed by atoms with Gasteiger partial charge in [0.15, 0.2) is 0 Å². The van der Waals surface area contributed by atoms with Gasteiger partial charge in [-0.25, -0.2) is 0 Å². The number of aromatic nitrogens is 1. The number of nitrogens with one attached hydrogen (secondary N) is 2. The maximum atomic E-state index is 13.6. The average Bonchev–Trinajstić information content (AvgIpc) is 3.61. The predicted molar refractivity (Wildman–Crippen MR) is 135 cm³/mol. The van der Waals surface area contributed by atoms with Crippen LogP contribution in [0.1, 0.15) is 40.4 Å². The number of rotatable bonds is 6. The van der Waals surface area contributed by atoms with Crippen molar-refractivity contribution in [1.29, 1.82) is 0 Å². The van der Waals surface area contributed by atoms with Gasteiger partial charge in [0, 0.05) is 35.2 Å². The average molecular weight is 466 g/mol. The van der Waals surface area contributed by atoms with E-state index >= 15 is 0 Å². The van der Waals surface area contributed by atoms with Crippen molar-refractivity contribution in [3.63, 3.8) is 0 Å². The first kappa shape index (κ1) is 21.6. The van der Waals surface area contributed by atoms with Crippen molar-refractivity contribution in [2.75, 3.05) is 19.7 Å². The molecule has 1 fully saturated rings. The molecule has 0 radical (unpaired) electrons. The van der Waals surface area contributed by atoms with E-state index in [0.717, 1.165) is 52.7 Å². The molecule has 0 saturated carbocycles. The highest BCUT2D eigenvalue weighted by molar-refractivity contribution is 6.03. The first-order valence-electron chi connectivity index (χ1n) is 12.1. The maximum absolute atomic E-state index is 13.6. The van der Waals surface area contributed by atoms with Crippen LogP contribution < -0.4 is 5.32 Å². The SMILES string of the molecule is O=C(CN1C(=O)c2ccccc2[C@@H]1c1c(-c2ccccc2)[nH]c2ccccc12)NC[C@H]1CCCO1. The normalized spacial score (nSPS) is 19.3. The number of ether oxygens (including phenoxy) is 1. The Bertz CT molecular complexity index is 1390. The van der Waals surface area contributed by atoms with Crippen molar-refractivity contribution < 1.29 is 14.3 Å². The van der Waals surface area contributed by atoms with Gasteiger partial charge >= 0.3 is 0 Å². The van der Waals surface area contributed by atoms with Crippen LogP contribution in [0.3, 0.4) is 0 Å². The summed E-state index contributed by atoms with van der Waals surface area (Å²) in [6.07, 6.45) is 2.03. The lowest BCUT2D eigenvalue weighted by Crippen LogP contribution is -2.41. The van der Waals surface area contributed by atoms with Crippen LogP contribution in [0.25, 0.3) is 22.2 Å². The van der Waals surface area contributed by atoms with Gasteiger partial charge in [0.25, 0.3) is 5.91 Å². The van der Waals surface area contributed by atoms with E-state index in [1.54, 1.807) is 4.90 Å². The summed E-state index contributed by atoms with van der Waals surface area (Å²) in [5.74, 6) is -0.296. The summed E-state index contributed by atoms with van der Waals surface area (Å²) < 4.78 is 5.64. The van der Waals surface area contributed by atoms with Crippen LogP contribution in [0.5, 0.6) is 0 Å².